The molecule has 0 saturated carbocycles. The number of hydrogen-bond acceptors (Lipinski definition) is 4. The fraction of sp³-hybridized carbons (Fsp3) is 0.308. The van der Waals surface area contributed by atoms with Crippen LogP contribution in [0.3, 0.4) is 0 Å². The summed E-state index contributed by atoms with van der Waals surface area (Å²) in [5, 5.41) is 9.54. The molecule has 1 N–H and O–H groups in total. The Balaban J connectivity index is 2.58. The lowest BCUT2D eigenvalue weighted by atomic mass is 10.3. The summed E-state index contributed by atoms with van der Waals surface area (Å²) >= 11 is 0. The second kappa shape index (κ2) is 5.26. The van der Waals surface area contributed by atoms with Crippen molar-refractivity contribution in [3.05, 3.63) is 30.5 Å². The van der Waals surface area contributed by atoms with Crippen molar-refractivity contribution in [1.82, 2.24) is 4.31 Å². The van der Waals surface area contributed by atoms with E-state index in [2.05, 4.69) is 0 Å². The number of para-hydroxylation sites is 1. The van der Waals surface area contributed by atoms with Gasteiger partial charge in [0.05, 0.1) is 6.26 Å². The van der Waals surface area contributed by atoms with Crippen molar-refractivity contribution in [2.45, 2.75) is 24.8 Å². The fourth-order valence-electron chi connectivity index (χ4n) is 1.97. The summed E-state index contributed by atoms with van der Waals surface area (Å²) < 4.78 is 31.4. The minimum absolute atomic E-state index is 0.0186. The monoisotopic (exact) mass is 297 g/mol. The average Bonchev–Trinajstić information content (AvgIpc) is 2.82. The van der Waals surface area contributed by atoms with Gasteiger partial charge in [0.1, 0.15) is 11.4 Å². The third-order valence-corrected chi connectivity index (χ3v) is 4.94. The smallest absolute Gasteiger partial charge is 0.318 e. The van der Waals surface area contributed by atoms with Gasteiger partial charge in [0, 0.05) is 11.4 Å². The van der Waals surface area contributed by atoms with E-state index < -0.39 is 28.6 Å². The molecule has 1 heterocycles. The Bertz CT molecular complexity index is 732. The van der Waals surface area contributed by atoms with Gasteiger partial charge in [-0.3, -0.25) is 4.79 Å². The quantitative estimate of drug-likeness (QED) is 0.911. The first-order valence-corrected chi connectivity index (χ1v) is 7.48. The molecule has 1 aromatic heterocycles. The van der Waals surface area contributed by atoms with Gasteiger partial charge in [-0.05, 0) is 26.0 Å². The summed E-state index contributed by atoms with van der Waals surface area (Å²) in [7, 11) is -3.93. The highest BCUT2D eigenvalue weighted by Gasteiger charge is 2.31. The van der Waals surface area contributed by atoms with Crippen molar-refractivity contribution < 1.29 is 22.7 Å². The molecule has 0 atom stereocenters. The van der Waals surface area contributed by atoms with Crippen LogP contribution in [-0.4, -0.2) is 36.4 Å². The van der Waals surface area contributed by atoms with Crippen LogP contribution in [0.25, 0.3) is 11.0 Å². The Kier molecular flexibility index (Phi) is 3.82. The van der Waals surface area contributed by atoms with Crippen molar-refractivity contribution in [2.24, 2.45) is 0 Å². The molecule has 7 heteroatoms. The number of carboxylic acid groups (broad SMARTS) is 1. The van der Waals surface area contributed by atoms with E-state index in [1.807, 2.05) is 0 Å². The predicted molar refractivity (Wildman–Crippen MR) is 72.9 cm³/mol. The molecule has 2 rings (SSSR count). The van der Waals surface area contributed by atoms with E-state index in [4.69, 9.17) is 9.52 Å². The minimum atomic E-state index is -3.93. The number of hydrogen-bond donors (Lipinski definition) is 1. The van der Waals surface area contributed by atoms with Crippen LogP contribution in [0.2, 0.25) is 0 Å². The second-order valence-corrected chi connectivity index (χ2v) is 6.49. The lowest BCUT2D eigenvalue weighted by Gasteiger charge is -2.24. The van der Waals surface area contributed by atoms with E-state index in [0.29, 0.717) is 5.39 Å². The Morgan fingerprint density at radius 2 is 2.05 bits per heavy atom. The Hall–Kier alpha value is -1.86. The molecule has 0 amide bonds. The van der Waals surface area contributed by atoms with Gasteiger partial charge >= 0.3 is 5.97 Å². The topological polar surface area (TPSA) is 87.8 Å². The highest BCUT2D eigenvalue weighted by Crippen LogP contribution is 2.27. The number of benzene rings is 1. The van der Waals surface area contributed by atoms with Gasteiger partial charge in [-0.1, -0.05) is 12.1 Å². The Morgan fingerprint density at radius 3 is 2.65 bits per heavy atom. The molecular formula is C13H15NO5S. The lowest BCUT2D eigenvalue weighted by Crippen LogP contribution is -2.40. The first-order chi connectivity index (χ1) is 9.34. The summed E-state index contributed by atoms with van der Waals surface area (Å²) in [6, 6.07) is 5.93. The summed E-state index contributed by atoms with van der Waals surface area (Å²) in [5.41, 5.74) is 0.239. The largest absolute Gasteiger partial charge is 0.480 e. The van der Waals surface area contributed by atoms with Gasteiger partial charge in [-0.25, -0.2) is 8.42 Å². The van der Waals surface area contributed by atoms with Crippen LogP contribution in [0.5, 0.6) is 0 Å². The van der Waals surface area contributed by atoms with Crippen LogP contribution >= 0.6 is 0 Å². The lowest BCUT2D eigenvalue weighted by molar-refractivity contribution is -0.137. The molecule has 108 valence electrons. The number of carboxylic acids is 1. The molecule has 0 spiro atoms. The molecule has 1 aromatic carbocycles. The van der Waals surface area contributed by atoms with Gasteiger partial charge in [-0.15, -0.1) is 0 Å². The molecule has 0 aliphatic heterocycles. The minimum Gasteiger partial charge on any atom is -0.480 e. The number of sulfonamides is 1. The molecule has 0 bridgehead atoms. The zero-order valence-electron chi connectivity index (χ0n) is 11.1. The van der Waals surface area contributed by atoms with E-state index in [1.54, 1.807) is 32.0 Å². The average molecular weight is 297 g/mol. The van der Waals surface area contributed by atoms with E-state index in [9.17, 15) is 13.2 Å². The summed E-state index contributed by atoms with van der Waals surface area (Å²) in [4.78, 5) is 10.9. The van der Waals surface area contributed by atoms with Crippen LogP contribution in [0.4, 0.5) is 0 Å². The van der Waals surface area contributed by atoms with Crippen molar-refractivity contribution in [1.29, 1.82) is 0 Å². The summed E-state index contributed by atoms with van der Waals surface area (Å²) in [5.74, 6) is -1.20. The van der Waals surface area contributed by atoms with Gasteiger partial charge in [-0.2, -0.15) is 4.31 Å². The van der Waals surface area contributed by atoms with Crippen LogP contribution < -0.4 is 0 Å². The van der Waals surface area contributed by atoms with Crippen LogP contribution in [0, 0.1) is 0 Å². The highest BCUT2D eigenvalue weighted by molar-refractivity contribution is 7.89. The number of aliphatic carboxylic acids is 1. The molecule has 6 nitrogen and oxygen atoms in total. The van der Waals surface area contributed by atoms with Crippen molar-refractivity contribution >= 4 is 27.0 Å². The predicted octanol–water partition coefficient (Wildman–Crippen LogP) is 1.92. The molecule has 0 saturated heterocycles. The highest BCUT2D eigenvalue weighted by atomic mass is 32.2. The maximum absolute atomic E-state index is 12.6. The molecule has 2 aromatic rings. The third kappa shape index (κ3) is 2.54. The molecule has 0 aliphatic carbocycles. The summed E-state index contributed by atoms with van der Waals surface area (Å²) in [6.07, 6.45) is 1.40. The van der Waals surface area contributed by atoms with Gasteiger partial charge in [0.2, 0.25) is 10.0 Å². The number of nitrogens with zero attached hydrogens (tertiary/aromatic N) is 1. The Labute approximate surface area is 116 Å². The van der Waals surface area contributed by atoms with E-state index >= 15 is 0 Å². The first-order valence-electron chi connectivity index (χ1n) is 6.04. The number of furan rings is 1. The van der Waals surface area contributed by atoms with Crippen LogP contribution in [0.15, 0.2) is 39.8 Å². The van der Waals surface area contributed by atoms with E-state index in [1.165, 1.54) is 12.3 Å². The van der Waals surface area contributed by atoms with Crippen molar-refractivity contribution in [3.63, 3.8) is 0 Å². The van der Waals surface area contributed by atoms with Crippen LogP contribution in [0.1, 0.15) is 13.8 Å². The molecule has 20 heavy (non-hydrogen) atoms. The van der Waals surface area contributed by atoms with Crippen LogP contribution in [-0.2, 0) is 14.8 Å². The Morgan fingerprint density at radius 1 is 1.35 bits per heavy atom. The van der Waals surface area contributed by atoms with Gasteiger partial charge in [0.25, 0.3) is 0 Å². The standard InChI is InChI=1S/C13H15NO5S/c1-9(2)14(8-12(15)16)20(17,18)11-5-3-4-10-6-7-19-13(10)11/h3-7,9H,8H2,1-2H3,(H,15,16). The fourth-order valence-corrected chi connectivity index (χ4v) is 3.71. The number of carbonyl (C=O) groups is 1. The number of fused-ring (bicyclic) bond motifs is 1. The third-order valence-electron chi connectivity index (χ3n) is 2.90. The maximum atomic E-state index is 12.6. The van der Waals surface area contributed by atoms with Crippen molar-refractivity contribution in [2.75, 3.05) is 6.54 Å². The van der Waals surface area contributed by atoms with E-state index in [0.717, 1.165) is 4.31 Å². The maximum Gasteiger partial charge on any atom is 0.318 e. The van der Waals surface area contributed by atoms with Gasteiger partial charge < -0.3 is 9.52 Å². The zero-order valence-corrected chi connectivity index (χ0v) is 11.9. The zero-order chi connectivity index (χ0) is 14.9. The molecule has 0 aliphatic rings. The molecule has 0 fully saturated rings. The second-order valence-electron chi connectivity index (χ2n) is 4.63. The SMILES string of the molecule is CC(C)N(CC(=O)O)S(=O)(=O)c1cccc2ccoc12. The van der Waals surface area contributed by atoms with Gasteiger partial charge in [0.15, 0.2) is 5.58 Å². The first kappa shape index (κ1) is 14.5. The van der Waals surface area contributed by atoms with Crippen molar-refractivity contribution in [3.8, 4) is 0 Å². The molecule has 0 unspecified atom stereocenters. The number of rotatable bonds is 5. The molecule has 0 radical (unpaired) electrons. The molecular weight excluding hydrogens is 282 g/mol. The summed E-state index contributed by atoms with van der Waals surface area (Å²) in [6.45, 7) is 2.67. The van der Waals surface area contributed by atoms with E-state index in [-0.39, 0.29) is 10.5 Å². The normalized spacial score (nSPS) is 12.4.